The number of aliphatic hydroxyl groups is 1. The molecule has 0 aliphatic carbocycles. The normalized spacial score (nSPS) is 41.3. The van der Waals surface area contributed by atoms with Crippen molar-refractivity contribution in [2.24, 2.45) is 5.41 Å². The minimum absolute atomic E-state index is 0.152. The van der Waals surface area contributed by atoms with E-state index in [1.807, 2.05) is 6.92 Å². The molecule has 2 nitrogen and oxygen atoms in total. The largest absolute Gasteiger partial charge is 0.368 e. The van der Waals surface area contributed by atoms with Crippen molar-refractivity contribution >= 4 is 0 Å². The summed E-state index contributed by atoms with van der Waals surface area (Å²) in [4.78, 5) is 0. The summed E-state index contributed by atoms with van der Waals surface area (Å²) in [5.41, 5.74) is 0.152. The van der Waals surface area contributed by atoms with E-state index in [2.05, 4.69) is 13.8 Å². The smallest absolute Gasteiger partial charge is 0.155 e. The number of hydrogen-bond donors (Lipinski definition) is 1. The molecule has 2 atom stereocenters. The van der Waals surface area contributed by atoms with Crippen LogP contribution in [0.4, 0.5) is 0 Å². The highest BCUT2D eigenvalue weighted by Crippen LogP contribution is 2.36. The van der Waals surface area contributed by atoms with Crippen molar-refractivity contribution in [1.82, 2.24) is 0 Å². The highest BCUT2D eigenvalue weighted by Gasteiger charge is 2.37. The van der Waals surface area contributed by atoms with Crippen LogP contribution in [0.2, 0.25) is 0 Å². The predicted octanol–water partition coefficient (Wildman–Crippen LogP) is 1.14. The Bertz CT molecular complexity index is 109. The van der Waals surface area contributed by atoms with Crippen molar-refractivity contribution in [2.75, 3.05) is 0 Å². The van der Waals surface area contributed by atoms with Crippen LogP contribution < -0.4 is 0 Å². The van der Waals surface area contributed by atoms with Crippen LogP contribution in [-0.2, 0) is 4.74 Å². The Morgan fingerprint density at radius 2 is 2.11 bits per heavy atom. The topological polar surface area (TPSA) is 29.5 Å². The average molecular weight is 130 g/mol. The Balaban J connectivity index is 2.58. The molecule has 1 saturated heterocycles. The molecule has 54 valence electrons. The molecule has 0 radical (unpaired) electrons. The molecule has 0 aromatic carbocycles. The van der Waals surface area contributed by atoms with Crippen LogP contribution in [0.3, 0.4) is 0 Å². The second-order valence-corrected chi connectivity index (χ2v) is 3.43. The van der Waals surface area contributed by atoms with Crippen LogP contribution in [0.1, 0.15) is 27.2 Å². The van der Waals surface area contributed by atoms with Crippen LogP contribution in [0.25, 0.3) is 0 Å². The standard InChI is InChI=1S/C7H14O2/c1-5-7(2,3)4-6(8)9-5/h5-6,8H,4H2,1-3H3. The van der Waals surface area contributed by atoms with E-state index in [0.29, 0.717) is 0 Å². The number of rotatable bonds is 0. The van der Waals surface area contributed by atoms with Gasteiger partial charge in [0.2, 0.25) is 0 Å². The van der Waals surface area contributed by atoms with Crippen molar-refractivity contribution in [3.63, 3.8) is 0 Å². The lowest BCUT2D eigenvalue weighted by Crippen LogP contribution is -2.19. The fourth-order valence-corrected chi connectivity index (χ4v) is 1.08. The van der Waals surface area contributed by atoms with Gasteiger partial charge in [-0.15, -0.1) is 0 Å². The maximum Gasteiger partial charge on any atom is 0.155 e. The molecule has 0 saturated carbocycles. The van der Waals surface area contributed by atoms with E-state index in [1.165, 1.54) is 0 Å². The van der Waals surface area contributed by atoms with Crippen molar-refractivity contribution in [1.29, 1.82) is 0 Å². The summed E-state index contributed by atoms with van der Waals surface area (Å²) >= 11 is 0. The molecular formula is C7H14O2. The zero-order chi connectivity index (χ0) is 7.07. The quantitative estimate of drug-likeness (QED) is 0.533. The fourth-order valence-electron chi connectivity index (χ4n) is 1.08. The monoisotopic (exact) mass is 130 g/mol. The summed E-state index contributed by atoms with van der Waals surface area (Å²) in [6, 6.07) is 0. The van der Waals surface area contributed by atoms with Crippen molar-refractivity contribution in [2.45, 2.75) is 39.6 Å². The molecule has 1 aliphatic heterocycles. The summed E-state index contributed by atoms with van der Waals surface area (Å²) in [7, 11) is 0. The molecule has 0 spiro atoms. The molecule has 0 aromatic heterocycles. The molecular weight excluding hydrogens is 116 g/mol. The van der Waals surface area contributed by atoms with Crippen LogP contribution in [-0.4, -0.2) is 17.5 Å². The lowest BCUT2D eigenvalue weighted by molar-refractivity contribution is -0.0886. The maximum absolute atomic E-state index is 9.01. The summed E-state index contributed by atoms with van der Waals surface area (Å²) in [5, 5.41) is 9.01. The minimum atomic E-state index is -0.532. The van der Waals surface area contributed by atoms with Crippen LogP contribution in [0.15, 0.2) is 0 Å². The Labute approximate surface area is 55.8 Å². The van der Waals surface area contributed by atoms with Gasteiger partial charge in [0, 0.05) is 6.42 Å². The molecule has 0 amide bonds. The summed E-state index contributed by atoms with van der Waals surface area (Å²) in [6.45, 7) is 6.21. The van der Waals surface area contributed by atoms with Gasteiger partial charge in [-0.25, -0.2) is 0 Å². The molecule has 1 fully saturated rings. The summed E-state index contributed by atoms with van der Waals surface area (Å²) in [6.07, 6.45) is 0.413. The van der Waals surface area contributed by atoms with E-state index in [-0.39, 0.29) is 11.5 Å². The second-order valence-electron chi connectivity index (χ2n) is 3.43. The molecule has 2 heteroatoms. The zero-order valence-electron chi connectivity index (χ0n) is 6.22. The molecule has 2 unspecified atom stereocenters. The Kier molecular flexibility index (Phi) is 1.53. The number of aliphatic hydroxyl groups excluding tert-OH is 1. The first kappa shape index (κ1) is 7.03. The third-order valence-corrected chi connectivity index (χ3v) is 2.16. The highest BCUT2D eigenvalue weighted by atomic mass is 16.6. The average Bonchev–Trinajstić information content (AvgIpc) is 1.79. The van der Waals surface area contributed by atoms with Crippen molar-refractivity contribution in [3.05, 3.63) is 0 Å². The van der Waals surface area contributed by atoms with Gasteiger partial charge in [-0.3, -0.25) is 0 Å². The number of ether oxygens (including phenoxy) is 1. The molecule has 9 heavy (non-hydrogen) atoms. The third kappa shape index (κ3) is 1.25. The van der Waals surface area contributed by atoms with Gasteiger partial charge in [0.05, 0.1) is 6.10 Å². The molecule has 1 rings (SSSR count). The van der Waals surface area contributed by atoms with E-state index in [9.17, 15) is 0 Å². The predicted molar refractivity (Wildman–Crippen MR) is 35.0 cm³/mol. The van der Waals surface area contributed by atoms with Gasteiger partial charge in [0.25, 0.3) is 0 Å². The van der Waals surface area contributed by atoms with Gasteiger partial charge < -0.3 is 9.84 Å². The highest BCUT2D eigenvalue weighted by molar-refractivity contribution is 4.82. The van der Waals surface area contributed by atoms with E-state index in [0.717, 1.165) is 6.42 Å². The number of hydrogen-bond acceptors (Lipinski definition) is 2. The lowest BCUT2D eigenvalue weighted by Gasteiger charge is -2.19. The molecule has 0 bridgehead atoms. The second kappa shape index (κ2) is 1.96. The first-order valence-electron chi connectivity index (χ1n) is 3.36. The zero-order valence-corrected chi connectivity index (χ0v) is 6.22. The van der Waals surface area contributed by atoms with Crippen LogP contribution in [0, 0.1) is 5.41 Å². The van der Waals surface area contributed by atoms with E-state index < -0.39 is 6.29 Å². The van der Waals surface area contributed by atoms with Gasteiger partial charge in [-0.05, 0) is 12.3 Å². The van der Waals surface area contributed by atoms with Gasteiger partial charge >= 0.3 is 0 Å². The maximum atomic E-state index is 9.01. The molecule has 1 heterocycles. The van der Waals surface area contributed by atoms with Crippen LogP contribution >= 0.6 is 0 Å². The van der Waals surface area contributed by atoms with Gasteiger partial charge in [0.1, 0.15) is 0 Å². The fraction of sp³-hybridized carbons (Fsp3) is 1.00. The van der Waals surface area contributed by atoms with Gasteiger partial charge in [-0.1, -0.05) is 13.8 Å². The summed E-state index contributed by atoms with van der Waals surface area (Å²) < 4.78 is 5.13. The van der Waals surface area contributed by atoms with E-state index in [4.69, 9.17) is 9.84 Å². The Morgan fingerprint density at radius 1 is 1.56 bits per heavy atom. The minimum Gasteiger partial charge on any atom is -0.368 e. The van der Waals surface area contributed by atoms with E-state index >= 15 is 0 Å². The molecule has 1 aliphatic rings. The molecule has 0 aromatic rings. The van der Waals surface area contributed by atoms with Gasteiger partial charge in [-0.2, -0.15) is 0 Å². The third-order valence-electron chi connectivity index (χ3n) is 2.16. The SMILES string of the molecule is CC1OC(O)CC1(C)C. The first-order valence-corrected chi connectivity index (χ1v) is 3.36. The molecule has 1 N–H and O–H groups in total. The van der Waals surface area contributed by atoms with Gasteiger partial charge in [0.15, 0.2) is 6.29 Å². The first-order chi connectivity index (χ1) is 4.02. The lowest BCUT2D eigenvalue weighted by atomic mass is 9.86. The Morgan fingerprint density at radius 3 is 2.22 bits per heavy atom. The van der Waals surface area contributed by atoms with E-state index in [1.54, 1.807) is 0 Å². The van der Waals surface area contributed by atoms with Crippen molar-refractivity contribution in [3.8, 4) is 0 Å². The van der Waals surface area contributed by atoms with Crippen LogP contribution in [0.5, 0.6) is 0 Å². The summed E-state index contributed by atoms with van der Waals surface area (Å²) in [5.74, 6) is 0. The Hall–Kier alpha value is -0.0800. The van der Waals surface area contributed by atoms with Crippen molar-refractivity contribution < 1.29 is 9.84 Å².